The number of rotatable bonds is 1. The van der Waals surface area contributed by atoms with Gasteiger partial charge >= 0.3 is 0 Å². The molecule has 20 heavy (non-hydrogen) atoms. The number of nitrogens with zero attached hydrogens (tertiary/aromatic N) is 6. The number of nitrogens with two attached hydrogens (primary N) is 1. The third kappa shape index (κ3) is 1.80. The van der Waals surface area contributed by atoms with Crippen molar-refractivity contribution < 1.29 is 4.74 Å². The zero-order chi connectivity index (χ0) is 13.5. The van der Waals surface area contributed by atoms with Crippen LogP contribution in [0.4, 0.5) is 11.8 Å². The summed E-state index contributed by atoms with van der Waals surface area (Å²) in [6.07, 6.45) is 4.46. The largest absolute Gasteiger partial charge is 0.384 e. The van der Waals surface area contributed by atoms with Gasteiger partial charge in [0.2, 0.25) is 5.95 Å². The van der Waals surface area contributed by atoms with Crippen LogP contribution in [0.5, 0.6) is 0 Å². The summed E-state index contributed by atoms with van der Waals surface area (Å²) < 4.78 is 7.91. The molecule has 0 bridgehead atoms. The fourth-order valence-electron chi connectivity index (χ4n) is 2.88. The van der Waals surface area contributed by atoms with Crippen LogP contribution in [0.3, 0.4) is 0 Å². The standard InChI is InChI=1S/C12H15N7O/c13-11-1-3-14-12(16-11)18-4-2-9-10(6-18)20-7-8-5-15-17-19(8)9/h1,3,5,9-10H,2,4,6-7H2,(H2,13,14,16)/t9-,10-/m0/s1. The first-order valence-electron chi connectivity index (χ1n) is 6.65. The minimum atomic E-state index is 0.0861. The van der Waals surface area contributed by atoms with E-state index >= 15 is 0 Å². The number of piperidine rings is 1. The van der Waals surface area contributed by atoms with Crippen LogP contribution < -0.4 is 10.6 Å². The van der Waals surface area contributed by atoms with Gasteiger partial charge in [-0.15, -0.1) is 5.10 Å². The van der Waals surface area contributed by atoms with Gasteiger partial charge in [0.15, 0.2) is 0 Å². The molecule has 4 rings (SSSR count). The molecule has 0 radical (unpaired) electrons. The zero-order valence-corrected chi connectivity index (χ0v) is 10.9. The number of ether oxygens (including phenoxy) is 1. The van der Waals surface area contributed by atoms with E-state index in [0.717, 1.165) is 25.2 Å². The first-order chi connectivity index (χ1) is 9.81. The quantitative estimate of drug-likeness (QED) is 0.781. The third-order valence-corrected chi connectivity index (χ3v) is 3.88. The lowest BCUT2D eigenvalue weighted by molar-refractivity contribution is -0.0336. The highest BCUT2D eigenvalue weighted by atomic mass is 16.5. The predicted molar refractivity (Wildman–Crippen MR) is 70.9 cm³/mol. The molecule has 2 aromatic rings. The fourth-order valence-corrected chi connectivity index (χ4v) is 2.88. The van der Waals surface area contributed by atoms with E-state index in [1.165, 1.54) is 0 Å². The molecule has 0 aromatic carbocycles. The van der Waals surface area contributed by atoms with Gasteiger partial charge in [-0.05, 0) is 12.5 Å². The van der Waals surface area contributed by atoms with Crippen LogP contribution in [0.1, 0.15) is 18.2 Å². The number of hydrogen-bond donors (Lipinski definition) is 1. The Morgan fingerprint density at radius 1 is 1.40 bits per heavy atom. The lowest BCUT2D eigenvalue weighted by Gasteiger charge is -2.40. The average Bonchev–Trinajstić information content (AvgIpc) is 2.95. The van der Waals surface area contributed by atoms with Crippen LogP contribution in [-0.2, 0) is 11.3 Å². The molecule has 2 atom stereocenters. The summed E-state index contributed by atoms with van der Waals surface area (Å²) in [5.41, 5.74) is 6.76. The van der Waals surface area contributed by atoms with E-state index in [0.29, 0.717) is 18.4 Å². The highest BCUT2D eigenvalue weighted by Gasteiger charge is 2.37. The molecular formula is C12H15N7O. The van der Waals surface area contributed by atoms with E-state index in [1.54, 1.807) is 18.5 Å². The van der Waals surface area contributed by atoms with Gasteiger partial charge in [-0.2, -0.15) is 4.98 Å². The van der Waals surface area contributed by atoms with Crippen LogP contribution in [0.2, 0.25) is 0 Å². The van der Waals surface area contributed by atoms with Crippen molar-refractivity contribution in [1.82, 2.24) is 25.0 Å². The van der Waals surface area contributed by atoms with Gasteiger partial charge in [0.1, 0.15) is 5.82 Å². The van der Waals surface area contributed by atoms with Crippen LogP contribution in [-0.4, -0.2) is 44.2 Å². The van der Waals surface area contributed by atoms with Gasteiger partial charge < -0.3 is 15.4 Å². The van der Waals surface area contributed by atoms with Crippen molar-refractivity contribution in [2.75, 3.05) is 23.7 Å². The van der Waals surface area contributed by atoms with E-state index in [2.05, 4.69) is 25.2 Å². The Labute approximate surface area is 115 Å². The van der Waals surface area contributed by atoms with Gasteiger partial charge in [0.25, 0.3) is 0 Å². The van der Waals surface area contributed by atoms with E-state index < -0.39 is 0 Å². The average molecular weight is 273 g/mol. The molecule has 1 fully saturated rings. The summed E-state index contributed by atoms with van der Waals surface area (Å²) in [5.74, 6) is 1.15. The van der Waals surface area contributed by atoms with Gasteiger partial charge in [-0.3, -0.25) is 0 Å². The van der Waals surface area contributed by atoms with Crippen molar-refractivity contribution in [3.05, 3.63) is 24.2 Å². The van der Waals surface area contributed by atoms with Crippen molar-refractivity contribution in [2.45, 2.75) is 25.2 Å². The fraction of sp³-hybridized carbons (Fsp3) is 0.500. The molecule has 8 nitrogen and oxygen atoms in total. The molecule has 104 valence electrons. The summed E-state index contributed by atoms with van der Waals surface area (Å²) in [5, 5.41) is 8.13. The summed E-state index contributed by atoms with van der Waals surface area (Å²) in [6, 6.07) is 1.94. The lowest BCUT2D eigenvalue weighted by atomic mass is 10.0. The molecule has 1 saturated heterocycles. The number of fused-ring (bicyclic) bond motifs is 3. The molecule has 2 aliphatic heterocycles. The summed E-state index contributed by atoms with van der Waals surface area (Å²) in [7, 11) is 0. The lowest BCUT2D eigenvalue weighted by Crippen LogP contribution is -2.49. The molecule has 4 heterocycles. The third-order valence-electron chi connectivity index (χ3n) is 3.88. The van der Waals surface area contributed by atoms with Crippen molar-refractivity contribution in [3.63, 3.8) is 0 Å². The molecule has 0 unspecified atom stereocenters. The molecule has 0 spiro atoms. The Hall–Kier alpha value is -2.22. The maximum atomic E-state index is 5.92. The molecule has 0 aliphatic carbocycles. The van der Waals surface area contributed by atoms with Gasteiger partial charge in [0.05, 0.1) is 30.6 Å². The zero-order valence-electron chi connectivity index (χ0n) is 10.9. The monoisotopic (exact) mass is 273 g/mol. The van der Waals surface area contributed by atoms with E-state index in [-0.39, 0.29) is 12.1 Å². The van der Waals surface area contributed by atoms with Crippen molar-refractivity contribution in [2.24, 2.45) is 0 Å². The minimum absolute atomic E-state index is 0.0861. The smallest absolute Gasteiger partial charge is 0.227 e. The van der Waals surface area contributed by atoms with Gasteiger partial charge in [-0.25, -0.2) is 9.67 Å². The van der Waals surface area contributed by atoms with Crippen LogP contribution in [0, 0.1) is 0 Å². The minimum Gasteiger partial charge on any atom is -0.384 e. The first kappa shape index (κ1) is 11.6. The van der Waals surface area contributed by atoms with E-state index in [9.17, 15) is 0 Å². The van der Waals surface area contributed by atoms with Gasteiger partial charge in [0, 0.05) is 19.3 Å². The Balaban J connectivity index is 1.57. The molecule has 0 saturated carbocycles. The molecule has 0 amide bonds. The Bertz CT molecular complexity index is 628. The van der Waals surface area contributed by atoms with Gasteiger partial charge in [-0.1, -0.05) is 5.21 Å². The Morgan fingerprint density at radius 3 is 3.25 bits per heavy atom. The van der Waals surface area contributed by atoms with Crippen LogP contribution >= 0.6 is 0 Å². The number of anilines is 2. The van der Waals surface area contributed by atoms with Crippen LogP contribution in [0.15, 0.2) is 18.5 Å². The molecule has 2 aliphatic rings. The first-order valence-corrected chi connectivity index (χ1v) is 6.65. The SMILES string of the molecule is Nc1ccnc(N2CC[C@H]3[C@H](C2)OCc2cnnn23)n1. The maximum Gasteiger partial charge on any atom is 0.227 e. The van der Waals surface area contributed by atoms with Crippen molar-refractivity contribution >= 4 is 11.8 Å². The number of hydrogen-bond acceptors (Lipinski definition) is 7. The highest BCUT2D eigenvalue weighted by molar-refractivity contribution is 5.38. The molecule has 2 N–H and O–H groups in total. The second-order valence-electron chi connectivity index (χ2n) is 5.10. The normalized spacial score (nSPS) is 25.1. The van der Waals surface area contributed by atoms with Crippen LogP contribution in [0.25, 0.3) is 0 Å². The van der Waals surface area contributed by atoms with E-state index in [1.807, 2.05) is 4.68 Å². The molecular weight excluding hydrogens is 258 g/mol. The van der Waals surface area contributed by atoms with Crippen molar-refractivity contribution in [1.29, 1.82) is 0 Å². The highest BCUT2D eigenvalue weighted by Crippen LogP contribution is 2.31. The summed E-state index contributed by atoms with van der Waals surface area (Å²) >= 11 is 0. The maximum absolute atomic E-state index is 5.92. The molecule has 2 aromatic heterocycles. The summed E-state index contributed by atoms with van der Waals surface area (Å²) in [4.78, 5) is 10.7. The number of nitrogen functional groups attached to an aromatic ring is 1. The topological polar surface area (TPSA) is 95.0 Å². The second kappa shape index (κ2) is 4.41. The molecule has 8 heteroatoms. The Morgan fingerprint density at radius 2 is 2.35 bits per heavy atom. The second-order valence-corrected chi connectivity index (χ2v) is 5.10. The van der Waals surface area contributed by atoms with E-state index in [4.69, 9.17) is 10.5 Å². The summed E-state index contributed by atoms with van der Waals surface area (Å²) in [6.45, 7) is 2.15. The van der Waals surface area contributed by atoms with Crippen molar-refractivity contribution in [3.8, 4) is 0 Å². The number of aromatic nitrogens is 5. The Kier molecular flexibility index (Phi) is 2.56. The predicted octanol–water partition coefficient (Wildman–Crippen LogP) is 0.000500.